The monoisotopic (exact) mass is 286 g/mol. The van der Waals surface area contributed by atoms with Crippen molar-refractivity contribution in [2.24, 2.45) is 0 Å². The number of ether oxygens (including phenoxy) is 1. The molecule has 0 unspecified atom stereocenters. The molecule has 0 aliphatic carbocycles. The lowest BCUT2D eigenvalue weighted by Crippen LogP contribution is -2.40. The second-order valence-corrected chi connectivity index (χ2v) is 5.78. The summed E-state index contributed by atoms with van der Waals surface area (Å²) in [6, 6.07) is 1.08. The fraction of sp³-hybridized carbons (Fsp3) is 0.769. The minimum Gasteiger partial charge on any atom is -0.487 e. The molecule has 19 heavy (non-hydrogen) atoms. The summed E-state index contributed by atoms with van der Waals surface area (Å²) in [6.07, 6.45) is 0. The molecule has 0 fully saturated rings. The number of hydrogen-bond donors (Lipinski definition) is 2. The Bertz CT molecular complexity index is 371. The summed E-state index contributed by atoms with van der Waals surface area (Å²) >= 11 is 1.35. The first-order valence-corrected chi connectivity index (χ1v) is 7.62. The summed E-state index contributed by atoms with van der Waals surface area (Å²) < 4.78 is 9.63. The van der Waals surface area contributed by atoms with Gasteiger partial charge in [0.25, 0.3) is 0 Å². The predicted molar refractivity (Wildman–Crippen MR) is 83.2 cm³/mol. The zero-order valence-electron chi connectivity index (χ0n) is 12.6. The summed E-state index contributed by atoms with van der Waals surface area (Å²) in [4.78, 5) is 2.44. The predicted octanol–water partition coefficient (Wildman–Crippen LogP) is 2.65. The highest BCUT2D eigenvalue weighted by Crippen LogP contribution is 2.34. The topological polar surface area (TPSA) is 63.4 Å². The van der Waals surface area contributed by atoms with Gasteiger partial charge in [-0.1, -0.05) is 0 Å². The van der Waals surface area contributed by atoms with Gasteiger partial charge in [-0.2, -0.15) is 4.37 Å². The van der Waals surface area contributed by atoms with Gasteiger partial charge in [-0.25, -0.2) is 0 Å². The summed E-state index contributed by atoms with van der Waals surface area (Å²) in [7, 11) is 0. The zero-order chi connectivity index (χ0) is 14.4. The fourth-order valence-corrected chi connectivity index (χ4v) is 2.79. The van der Waals surface area contributed by atoms with E-state index in [0.717, 1.165) is 18.1 Å². The third-order valence-corrected chi connectivity index (χ3v) is 3.75. The van der Waals surface area contributed by atoms with Gasteiger partial charge in [0.15, 0.2) is 16.6 Å². The van der Waals surface area contributed by atoms with E-state index >= 15 is 0 Å². The standard InChI is InChI=1S/C13H26N4OS/c1-6-18-11-12(14)16-19-13(11)15-7-8-17(9(2)3)10(4)5/h9-10,15H,6-8H2,1-5H3,(H2,14,16). The van der Waals surface area contributed by atoms with Crippen molar-refractivity contribution in [3.05, 3.63) is 0 Å². The largest absolute Gasteiger partial charge is 0.487 e. The molecular weight excluding hydrogens is 260 g/mol. The lowest BCUT2D eigenvalue weighted by atomic mass is 10.2. The van der Waals surface area contributed by atoms with Crippen LogP contribution in [0.15, 0.2) is 0 Å². The van der Waals surface area contributed by atoms with Crippen LogP contribution in [0.1, 0.15) is 34.6 Å². The SMILES string of the molecule is CCOc1c(N)nsc1NCCN(C(C)C)C(C)C. The second-order valence-electron chi connectivity index (χ2n) is 5.01. The molecule has 0 saturated heterocycles. The van der Waals surface area contributed by atoms with E-state index in [1.165, 1.54) is 11.5 Å². The van der Waals surface area contributed by atoms with Gasteiger partial charge in [0.05, 0.1) is 6.61 Å². The smallest absolute Gasteiger partial charge is 0.197 e. The average Bonchev–Trinajstić information content (AvgIpc) is 2.66. The Morgan fingerprint density at radius 3 is 2.47 bits per heavy atom. The van der Waals surface area contributed by atoms with Crippen LogP contribution in [-0.4, -0.2) is 41.1 Å². The summed E-state index contributed by atoms with van der Waals surface area (Å²) in [5.41, 5.74) is 5.78. The third kappa shape index (κ3) is 4.54. The van der Waals surface area contributed by atoms with Crippen molar-refractivity contribution in [3.8, 4) is 5.75 Å². The van der Waals surface area contributed by atoms with Crippen LogP contribution in [0.3, 0.4) is 0 Å². The normalized spacial score (nSPS) is 11.6. The lowest BCUT2D eigenvalue weighted by Gasteiger charge is -2.30. The van der Waals surface area contributed by atoms with Crippen LogP contribution in [0.2, 0.25) is 0 Å². The van der Waals surface area contributed by atoms with E-state index in [0.29, 0.717) is 30.3 Å². The molecule has 0 spiro atoms. The van der Waals surface area contributed by atoms with Crippen LogP contribution in [0, 0.1) is 0 Å². The third-order valence-electron chi connectivity index (χ3n) is 2.94. The molecule has 0 aliphatic heterocycles. The molecule has 6 heteroatoms. The molecular formula is C13H26N4OS. The van der Waals surface area contributed by atoms with E-state index in [-0.39, 0.29) is 0 Å². The van der Waals surface area contributed by atoms with Crippen LogP contribution in [0.4, 0.5) is 10.8 Å². The molecule has 110 valence electrons. The van der Waals surface area contributed by atoms with Crippen molar-refractivity contribution in [2.45, 2.75) is 46.7 Å². The highest BCUT2D eigenvalue weighted by atomic mass is 32.1. The molecule has 0 radical (unpaired) electrons. The summed E-state index contributed by atoms with van der Waals surface area (Å²) in [5, 5.41) is 4.29. The molecule has 0 atom stereocenters. The van der Waals surface area contributed by atoms with Crippen molar-refractivity contribution in [1.82, 2.24) is 9.27 Å². The Hall–Kier alpha value is -1.01. The molecule has 1 heterocycles. The van der Waals surface area contributed by atoms with Crippen molar-refractivity contribution in [1.29, 1.82) is 0 Å². The Morgan fingerprint density at radius 2 is 1.95 bits per heavy atom. The Labute approximate surface area is 120 Å². The van der Waals surface area contributed by atoms with Crippen LogP contribution in [0.25, 0.3) is 0 Å². The zero-order valence-corrected chi connectivity index (χ0v) is 13.4. The van der Waals surface area contributed by atoms with Crippen LogP contribution in [-0.2, 0) is 0 Å². The maximum absolute atomic E-state index is 5.78. The van der Waals surface area contributed by atoms with Crippen molar-refractivity contribution in [3.63, 3.8) is 0 Å². The molecule has 0 aliphatic rings. The van der Waals surface area contributed by atoms with E-state index in [4.69, 9.17) is 10.5 Å². The van der Waals surface area contributed by atoms with E-state index < -0.39 is 0 Å². The van der Waals surface area contributed by atoms with E-state index in [1.807, 2.05) is 6.92 Å². The molecule has 0 aromatic carbocycles. The summed E-state index contributed by atoms with van der Waals surface area (Å²) in [6.45, 7) is 13.3. The second kappa shape index (κ2) is 7.55. The maximum atomic E-state index is 5.78. The van der Waals surface area contributed by atoms with Gasteiger partial charge in [-0.3, -0.25) is 4.90 Å². The molecule has 0 saturated carbocycles. The van der Waals surface area contributed by atoms with Crippen molar-refractivity contribution >= 4 is 22.4 Å². The van der Waals surface area contributed by atoms with Gasteiger partial charge >= 0.3 is 0 Å². The van der Waals surface area contributed by atoms with Crippen LogP contribution >= 0.6 is 11.5 Å². The van der Waals surface area contributed by atoms with Crippen molar-refractivity contribution < 1.29 is 4.74 Å². The molecule has 0 amide bonds. The van der Waals surface area contributed by atoms with E-state index in [2.05, 4.69) is 42.3 Å². The number of nitrogens with zero attached hydrogens (tertiary/aromatic N) is 2. The van der Waals surface area contributed by atoms with Gasteiger partial charge in [0.1, 0.15) is 0 Å². The average molecular weight is 286 g/mol. The van der Waals surface area contributed by atoms with Crippen LogP contribution < -0.4 is 15.8 Å². The van der Waals surface area contributed by atoms with E-state index in [1.54, 1.807) is 0 Å². The first-order valence-electron chi connectivity index (χ1n) is 6.84. The summed E-state index contributed by atoms with van der Waals surface area (Å²) in [5.74, 6) is 1.16. The number of nitrogens with one attached hydrogen (secondary N) is 1. The van der Waals surface area contributed by atoms with Gasteiger partial charge in [0.2, 0.25) is 0 Å². The fourth-order valence-electron chi connectivity index (χ4n) is 2.10. The highest BCUT2D eigenvalue weighted by Gasteiger charge is 2.15. The molecule has 1 aromatic heterocycles. The van der Waals surface area contributed by atoms with E-state index in [9.17, 15) is 0 Å². The molecule has 1 rings (SSSR count). The number of hydrogen-bond acceptors (Lipinski definition) is 6. The van der Waals surface area contributed by atoms with Crippen molar-refractivity contribution in [2.75, 3.05) is 30.7 Å². The molecule has 0 bridgehead atoms. The number of nitrogen functional groups attached to an aromatic ring is 1. The number of rotatable bonds is 8. The minimum absolute atomic E-state index is 0.471. The number of aromatic nitrogens is 1. The Morgan fingerprint density at radius 1 is 1.32 bits per heavy atom. The van der Waals surface area contributed by atoms with Crippen LogP contribution in [0.5, 0.6) is 5.75 Å². The first-order chi connectivity index (χ1) is 8.97. The quantitative estimate of drug-likeness (QED) is 0.769. The van der Waals surface area contributed by atoms with Gasteiger partial charge in [0, 0.05) is 25.2 Å². The Kier molecular flexibility index (Phi) is 6.37. The van der Waals surface area contributed by atoms with Gasteiger partial charge in [-0.15, -0.1) is 0 Å². The van der Waals surface area contributed by atoms with Gasteiger partial charge < -0.3 is 15.8 Å². The molecule has 3 N–H and O–H groups in total. The maximum Gasteiger partial charge on any atom is 0.197 e. The molecule has 5 nitrogen and oxygen atoms in total. The molecule has 1 aromatic rings. The minimum atomic E-state index is 0.471. The highest BCUT2D eigenvalue weighted by molar-refractivity contribution is 7.11. The first kappa shape index (κ1) is 16.0. The Balaban J connectivity index is 2.53. The number of nitrogens with two attached hydrogens (primary N) is 1. The lowest BCUT2D eigenvalue weighted by molar-refractivity contribution is 0.182. The van der Waals surface area contributed by atoms with Gasteiger partial charge in [-0.05, 0) is 46.2 Å². The number of anilines is 2.